The van der Waals surface area contributed by atoms with Crippen molar-refractivity contribution in [3.8, 4) is 0 Å². The summed E-state index contributed by atoms with van der Waals surface area (Å²) >= 11 is 0. The molecule has 10 nitrogen and oxygen atoms in total. The van der Waals surface area contributed by atoms with Crippen LogP contribution in [-0.2, 0) is 14.2 Å². The van der Waals surface area contributed by atoms with Gasteiger partial charge in [0.05, 0.1) is 44.7 Å². The monoisotopic (exact) mass is 758 g/mol. The average molecular weight is 758 g/mol. The Morgan fingerprint density at radius 1 is 0.692 bits per heavy atom. The van der Waals surface area contributed by atoms with Gasteiger partial charge in [-0.3, -0.25) is 5.32 Å². The minimum Gasteiger partial charge on any atom is -0.394 e. The van der Waals surface area contributed by atoms with Crippen LogP contribution in [0.3, 0.4) is 0 Å². The number of unbranched alkanes of at least 4 members (excludes halogenated alkanes) is 18. The second kappa shape index (κ2) is 27.9. The van der Waals surface area contributed by atoms with E-state index in [2.05, 4.69) is 12.2 Å². The predicted molar refractivity (Wildman–Crippen MR) is 195 cm³/mol. The number of halogens is 3. The van der Waals surface area contributed by atoms with E-state index < -0.39 is 74.4 Å². The first-order valence-electron chi connectivity index (χ1n) is 20.7. The van der Waals surface area contributed by atoms with Crippen LogP contribution >= 0.6 is 0 Å². The van der Waals surface area contributed by atoms with Crippen LogP contribution in [0.25, 0.3) is 0 Å². The van der Waals surface area contributed by atoms with E-state index in [1.54, 1.807) is 0 Å². The van der Waals surface area contributed by atoms with E-state index in [-0.39, 0.29) is 12.8 Å². The summed E-state index contributed by atoms with van der Waals surface area (Å²) in [6, 6.07) is -3.36. The standard InChI is InChI=1S/C39H74F3NO9/c1-2-3-4-5-6-7-8-9-10-14-17-20-23-31(45)34(46)30(28-51-38-37(49)36(48)35(47)32(25-44)52-38)43-33(39(40,41)42)24-21-18-15-12-11-13-16-19-22-29-26-50-27-29/h29-38,43-49H,2-28H2,1H3/t30-,31+,32?,33?,34-,35?,36?,37?,38?/m0/s1. The SMILES string of the molecule is CCCCCCCCCCCCCC[C@@H](O)[C@@H](O)[C@H](COC1OC(CO)C(O)C(O)C1O)NC(CCCCCCCCCCC1COC1)C(F)(F)F. The molecular weight excluding hydrogens is 683 g/mol. The Bertz CT molecular complexity index is 854. The van der Waals surface area contributed by atoms with Gasteiger partial charge in [0.25, 0.3) is 0 Å². The van der Waals surface area contributed by atoms with Gasteiger partial charge in [0.15, 0.2) is 6.29 Å². The summed E-state index contributed by atoms with van der Waals surface area (Å²) in [4.78, 5) is 0. The first kappa shape index (κ1) is 47.5. The summed E-state index contributed by atoms with van der Waals surface area (Å²) < 4.78 is 59.0. The second-order valence-electron chi connectivity index (χ2n) is 15.4. The molecule has 2 saturated heterocycles. The van der Waals surface area contributed by atoms with Gasteiger partial charge in [-0.25, -0.2) is 0 Å². The number of hydrogen-bond donors (Lipinski definition) is 7. The van der Waals surface area contributed by atoms with E-state index in [9.17, 15) is 43.8 Å². The van der Waals surface area contributed by atoms with Gasteiger partial charge in [0.1, 0.15) is 30.5 Å². The molecule has 2 aliphatic rings. The minimum atomic E-state index is -4.63. The fourth-order valence-corrected chi connectivity index (χ4v) is 7.18. The molecule has 2 aliphatic heterocycles. The molecule has 310 valence electrons. The zero-order valence-corrected chi connectivity index (χ0v) is 31.9. The van der Waals surface area contributed by atoms with Crippen molar-refractivity contribution in [3.05, 3.63) is 0 Å². The molecule has 0 spiro atoms. The maximum absolute atomic E-state index is 14.3. The number of ether oxygens (including phenoxy) is 3. The first-order valence-corrected chi connectivity index (χ1v) is 20.7. The normalized spacial score (nSPS) is 25.2. The van der Waals surface area contributed by atoms with Crippen molar-refractivity contribution in [2.24, 2.45) is 5.92 Å². The van der Waals surface area contributed by atoms with Crippen molar-refractivity contribution < 1.29 is 58.0 Å². The summed E-state index contributed by atoms with van der Waals surface area (Å²) in [5.74, 6) is 0.706. The molecule has 0 aromatic rings. The lowest BCUT2D eigenvalue weighted by atomic mass is 9.97. The molecule has 13 heteroatoms. The molecule has 0 aromatic heterocycles. The Kier molecular flexibility index (Phi) is 25.5. The number of nitrogens with one attached hydrogen (secondary N) is 1. The van der Waals surface area contributed by atoms with E-state index >= 15 is 0 Å². The summed E-state index contributed by atoms with van der Waals surface area (Å²) in [5.41, 5.74) is 0. The van der Waals surface area contributed by atoms with Crippen molar-refractivity contribution in [1.29, 1.82) is 0 Å². The molecule has 9 atom stereocenters. The summed E-state index contributed by atoms with van der Waals surface area (Å²) in [6.07, 6.45) is 6.44. The molecule has 7 N–H and O–H groups in total. The highest BCUT2D eigenvalue weighted by atomic mass is 19.4. The third-order valence-corrected chi connectivity index (χ3v) is 10.8. The van der Waals surface area contributed by atoms with Crippen LogP contribution in [0.5, 0.6) is 0 Å². The highest BCUT2D eigenvalue weighted by Crippen LogP contribution is 2.28. The predicted octanol–water partition coefficient (Wildman–Crippen LogP) is 6.05. The molecule has 0 aliphatic carbocycles. The fourth-order valence-electron chi connectivity index (χ4n) is 7.18. The van der Waals surface area contributed by atoms with E-state index in [0.29, 0.717) is 25.2 Å². The van der Waals surface area contributed by atoms with Crippen LogP contribution in [0.1, 0.15) is 155 Å². The van der Waals surface area contributed by atoms with Gasteiger partial charge in [-0.1, -0.05) is 135 Å². The second-order valence-corrected chi connectivity index (χ2v) is 15.4. The lowest BCUT2D eigenvalue weighted by Crippen LogP contribution is -2.61. The van der Waals surface area contributed by atoms with Crippen LogP contribution in [0.2, 0.25) is 0 Å². The van der Waals surface area contributed by atoms with Crippen molar-refractivity contribution in [3.63, 3.8) is 0 Å². The summed E-state index contributed by atoms with van der Waals surface area (Å²) in [5, 5.41) is 64.6. The highest BCUT2D eigenvalue weighted by Gasteiger charge is 2.46. The quantitative estimate of drug-likeness (QED) is 0.0403. The van der Waals surface area contributed by atoms with Crippen LogP contribution in [0.4, 0.5) is 13.2 Å². The molecule has 2 rings (SSSR count). The molecule has 2 fully saturated rings. The Morgan fingerprint density at radius 3 is 1.67 bits per heavy atom. The van der Waals surface area contributed by atoms with Crippen LogP contribution in [0, 0.1) is 5.92 Å². The van der Waals surface area contributed by atoms with Crippen molar-refractivity contribution in [2.45, 2.75) is 216 Å². The molecular formula is C39H74F3NO9. The van der Waals surface area contributed by atoms with Gasteiger partial charge in [-0.15, -0.1) is 0 Å². The highest BCUT2D eigenvalue weighted by molar-refractivity contribution is 4.91. The Morgan fingerprint density at radius 2 is 1.19 bits per heavy atom. The fraction of sp³-hybridized carbons (Fsp3) is 1.00. The lowest BCUT2D eigenvalue weighted by Gasteiger charge is -2.40. The van der Waals surface area contributed by atoms with Crippen molar-refractivity contribution >= 4 is 0 Å². The summed E-state index contributed by atoms with van der Waals surface area (Å²) in [7, 11) is 0. The van der Waals surface area contributed by atoms with E-state index in [4.69, 9.17) is 14.2 Å². The van der Waals surface area contributed by atoms with Crippen molar-refractivity contribution in [2.75, 3.05) is 26.4 Å². The molecule has 52 heavy (non-hydrogen) atoms. The maximum atomic E-state index is 14.3. The molecule has 0 aromatic carbocycles. The van der Waals surface area contributed by atoms with Crippen LogP contribution < -0.4 is 5.32 Å². The third kappa shape index (κ3) is 19.3. The zero-order chi connectivity index (χ0) is 38.2. The Labute approximate surface area is 311 Å². The Hall–Kier alpha value is -0.610. The number of alkyl halides is 3. The average Bonchev–Trinajstić information content (AvgIpc) is 3.09. The first-order chi connectivity index (χ1) is 25.0. The van der Waals surface area contributed by atoms with Gasteiger partial charge in [0.2, 0.25) is 0 Å². The number of aliphatic hydroxyl groups is 6. The molecule has 2 heterocycles. The van der Waals surface area contributed by atoms with Crippen molar-refractivity contribution in [1.82, 2.24) is 5.32 Å². The molecule has 0 saturated carbocycles. The number of aliphatic hydroxyl groups excluding tert-OH is 6. The minimum absolute atomic E-state index is 0.197. The summed E-state index contributed by atoms with van der Waals surface area (Å²) in [6.45, 7) is 2.66. The third-order valence-electron chi connectivity index (χ3n) is 10.8. The number of hydrogen-bond acceptors (Lipinski definition) is 10. The largest absolute Gasteiger partial charge is 0.403 e. The van der Waals surface area contributed by atoms with E-state index in [1.165, 1.54) is 57.8 Å². The molecule has 6 unspecified atom stereocenters. The number of rotatable bonds is 32. The lowest BCUT2D eigenvalue weighted by molar-refractivity contribution is -0.303. The topological polar surface area (TPSA) is 161 Å². The smallest absolute Gasteiger partial charge is 0.394 e. The Balaban J connectivity index is 1.85. The van der Waals surface area contributed by atoms with Gasteiger partial charge in [-0.2, -0.15) is 13.2 Å². The van der Waals surface area contributed by atoms with E-state index in [0.717, 1.165) is 71.0 Å². The molecule has 0 bridgehead atoms. The van der Waals surface area contributed by atoms with Gasteiger partial charge in [-0.05, 0) is 19.3 Å². The van der Waals surface area contributed by atoms with Crippen LogP contribution in [-0.4, -0.2) is 118 Å². The molecule has 0 amide bonds. The van der Waals surface area contributed by atoms with E-state index in [1.807, 2.05) is 0 Å². The zero-order valence-electron chi connectivity index (χ0n) is 31.9. The van der Waals surface area contributed by atoms with Gasteiger partial charge < -0.3 is 44.8 Å². The van der Waals surface area contributed by atoms with Gasteiger partial charge in [0, 0.05) is 5.92 Å². The maximum Gasteiger partial charge on any atom is 0.403 e. The van der Waals surface area contributed by atoms with Crippen LogP contribution in [0.15, 0.2) is 0 Å². The van der Waals surface area contributed by atoms with Gasteiger partial charge >= 0.3 is 6.18 Å². The molecule has 0 radical (unpaired) electrons.